The number of anilines is 1. The van der Waals surface area contributed by atoms with Gasteiger partial charge in [-0.3, -0.25) is 0 Å². The van der Waals surface area contributed by atoms with Crippen molar-refractivity contribution in [1.82, 2.24) is 0 Å². The summed E-state index contributed by atoms with van der Waals surface area (Å²) < 4.78 is 0.941. The Morgan fingerprint density at radius 3 is 2.90 bits per heavy atom. The van der Waals surface area contributed by atoms with Crippen molar-refractivity contribution in [2.75, 3.05) is 5.32 Å². The van der Waals surface area contributed by atoms with Gasteiger partial charge in [-0.1, -0.05) is 22.0 Å². The van der Waals surface area contributed by atoms with E-state index < -0.39 is 0 Å². The number of nitriles is 1. The van der Waals surface area contributed by atoms with Gasteiger partial charge in [-0.25, -0.2) is 0 Å². The van der Waals surface area contributed by atoms with Gasteiger partial charge in [0.1, 0.15) is 11.8 Å². The summed E-state index contributed by atoms with van der Waals surface area (Å²) in [4.78, 5) is 0. The predicted molar refractivity (Wildman–Crippen MR) is 86.3 cm³/mol. The molecule has 0 bridgehead atoms. The van der Waals surface area contributed by atoms with Crippen molar-refractivity contribution < 1.29 is 5.11 Å². The number of fused-ring (bicyclic) bond motifs is 1. The van der Waals surface area contributed by atoms with Crippen LogP contribution in [0.25, 0.3) is 0 Å². The first-order chi connectivity index (χ1) is 10.2. The Hall–Kier alpha value is -1.99. The molecule has 0 saturated carbocycles. The molecule has 1 unspecified atom stereocenters. The fourth-order valence-electron chi connectivity index (χ4n) is 2.86. The summed E-state index contributed by atoms with van der Waals surface area (Å²) in [6.07, 6.45) is 3.14. The van der Waals surface area contributed by atoms with Crippen LogP contribution in [0.5, 0.6) is 5.75 Å². The molecule has 0 spiro atoms. The highest BCUT2D eigenvalue weighted by molar-refractivity contribution is 9.10. The molecule has 2 aromatic carbocycles. The number of nitrogens with one attached hydrogen (secondary N) is 1. The molecule has 0 amide bonds. The first-order valence-electron chi connectivity index (χ1n) is 6.95. The number of aryl methyl sites for hydroxylation is 1. The van der Waals surface area contributed by atoms with E-state index in [2.05, 4.69) is 27.3 Å². The number of hydrogen-bond donors (Lipinski definition) is 2. The molecule has 0 aliphatic heterocycles. The average molecular weight is 343 g/mol. The quantitative estimate of drug-likeness (QED) is 0.843. The molecule has 21 heavy (non-hydrogen) atoms. The van der Waals surface area contributed by atoms with E-state index >= 15 is 0 Å². The first-order valence-corrected chi connectivity index (χ1v) is 7.74. The smallest absolute Gasteiger partial charge is 0.115 e. The lowest BCUT2D eigenvalue weighted by Crippen LogP contribution is -2.17. The Morgan fingerprint density at radius 1 is 1.24 bits per heavy atom. The summed E-state index contributed by atoms with van der Waals surface area (Å²) in [5, 5.41) is 22.4. The molecular weight excluding hydrogens is 328 g/mol. The molecule has 0 saturated heterocycles. The third-order valence-electron chi connectivity index (χ3n) is 3.88. The lowest BCUT2D eigenvalue weighted by molar-refractivity contribution is 0.471. The molecule has 2 N–H and O–H groups in total. The normalized spacial score (nSPS) is 16.9. The van der Waals surface area contributed by atoms with Crippen LogP contribution in [0.2, 0.25) is 0 Å². The van der Waals surface area contributed by atoms with Crippen molar-refractivity contribution in [3.8, 4) is 11.8 Å². The minimum Gasteiger partial charge on any atom is -0.508 e. The molecule has 2 aromatic rings. The summed E-state index contributed by atoms with van der Waals surface area (Å²) in [6, 6.07) is 13.5. The molecule has 106 valence electrons. The molecule has 0 radical (unpaired) electrons. The van der Waals surface area contributed by atoms with Gasteiger partial charge in [-0.05, 0) is 60.7 Å². The minimum absolute atomic E-state index is 0.127. The number of hydrogen-bond acceptors (Lipinski definition) is 3. The second-order valence-corrected chi connectivity index (χ2v) is 6.19. The summed E-state index contributed by atoms with van der Waals surface area (Å²) in [6.45, 7) is 0. The maximum Gasteiger partial charge on any atom is 0.115 e. The largest absolute Gasteiger partial charge is 0.508 e. The van der Waals surface area contributed by atoms with Crippen LogP contribution in [0.3, 0.4) is 0 Å². The fraction of sp³-hybridized carbons (Fsp3) is 0.235. The van der Waals surface area contributed by atoms with Gasteiger partial charge in [0.25, 0.3) is 0 Å². The third-order valence-corrected chi connectivity index (χ3v) is 4.37. The zero-order valence-electron chi connectivity index (χ0n) is 11.4. The molecule has 1 aliphatic rings. The van der Waals surface area contributed by atoms with E-state index in [1.165, 1.54) is 5.56 Å². The van der Waals surface area contributed by atoms with Crippen LogP contribution in [0.4, 0.5) is 5.69 Å². The maximum atomic E-state index is 9.73. The SMILES string of the molecule is N#Cc1ccc(Br)cc1NC1CCCc2ccc(O)cc21. The van der Waals surface area contributed by atoms with Crippen molar-refractivity contribution in [3.05, 3.63) is 57.6 Å². The van der Waals surface area contributed by atoms with E-state index in [-0.39, 0.29) is 11.8 Å². The van der Waals surface area contributed by atoms with Crippen LogP contribution in [0, 0.1) is 11.3 Å². The second-order valence-electron chi connectivity index (χ2n) is 5.27. The molecule has 4 heteroatoms. The van der Waals surface area contributed by atoms with E-state index in [0.717, 1.165) is 35.0 Å². The number of rotatable bonds is 2. The van der Waals surface area contributed by atoms with Crippen molar-refractivity contribution in [2.45, 2.75) is 25.3 Å². The standard InChI is InChI=1S/C17H15BrN2O/c18-13-6-4-12(10-19)17(8-13)20-16-3-1-2-11-5-7-14(21)9-15(11)16/h4-9,16,20-21H,1-3H2. The van der Waals surface area contributed by atoms with Crippen LogP contribution in [0.1, 0.15) is 35.6 Å². The molecule has 0 aromatic heterocycles. The Kier molecular flexibility index (Phi) is 3.85. The molecule has 0 fully saturated rings. The topological polar surface area (TPSA) is 56.0 Å². The number of nitrogens with zero attached hydrogens (tertiary/aromatic N) is 1. The zero-order chi connectivity index (χ0) is 14.8. The highest BCUT2D eigenvalue weighted by Crippen LogP contribution is 2.35. The molecule has 0 heterocycles. The van der Waals surface area contributed by atoms with E-state index in [4.69, 9.17) is 0 Å². The van der Waals surface area contributed by atoms with Gasteiger partial charge in [0.05, 0.1) is 17.3 Å². The maximum absolute atomic E-state index is 9.73. The van der Waals surface area contributed by atoms with E-state index in [1.54, 1.807) is 12.1 Å². The summed E-state index contributed by atoms with van der Waals surface area (Å²) >= 11 is 3.44. The number of halogens is 1. The van der Waals surface area contributed by atoms with Crippen LogP contribution in [0.15, 0.2) is 40.9 Å². The van der Waals surface area contributed by atoms with Crippen LogP contribution >= 0.6 is 15.9 Å². The van der Waals surface area contributed by atoms with Crippen molar-refractivity contribution >= 4 is 21.6 Å². The first kappa shape index (κ1) is 14.0. The highest BCUT2D eigenvalue weighted by Gasteiger charge is 2.21. The van der Waals surface area contributed by atoms with Gasteiger partial charge in [-0.2, -0.15) is 5.26 Å². The molecule has 3 rings (SSSR count). The molecule has 1 atom stereocenters. The second kappa shape index (κ2) is 5.79. The van der Waals surface area contributed by atoms with E-state index in [1.807, 2.05) is 24.3 Å². The number of phenolic OH excluding ortho intramolecular Hbond substituents is 1. The Morgan fingerprint density at radius 2 is 2.10 bits per heavy atom. The summed E-state index contributed by atoms with van der Waals surface area (Å²) in [5.41, 5.74) is 3.86. The van der Waals surface area contributed by atoms with Gasteiger partial charge >= 0.3 is 0 Å². The zero-order valence-corrected chi connectivity index (χ0v) is 13.0. The molecule has 1 aliphatic carbocycles. The van der Waals surface area contributed by atoms with E-state index in [9.17, 15) is 10.4 Å². The Bertz CT molecular complexity index is 721. The number of aromatic hydroxyl groups is 1. The number of phenols is 1. The van der Waals surface area contributed by atoms with Crippen molar-refractivity contribution in [2.24, 2.45) is 0 Å². The minimum atomic E-state index is 0.127. The van der Waals surface area contributed by atoms with E-state index in [0.29, 0.717) is 5.56 Å². The Balaban J connectivity index is 1.96. The van der Waals surface area contributed by atoms with Crippen molar-refractivity contribution in [1.29, 1.82) is 5.26 Å². The highest BCUT2D eigenvalue weighted by atomic mass is 79.9. The third kappa shape index (κ3) is 2.88. The Labute approximate surface area is 132 Å². The average Bonchev–Trinajstić information content (AvgIpc) is 2.48. The summed E-state index contributed by atoms with van der Waals surface area (Å²) in [5.74, 6) is 0.289. The lowest BCUT2D eigenvalue weighted by atomic mass is 9.87. The van der Waals surface area contributed by atoms with Gasteiger partial charge in [0, 0.05) is 4.47 Å². The van der Waals surface area contributed by atoms with Gasteiger partial charge in [0.2, 0.25) is 0 Å². The number of benzene rings is 2. The molecular formula is C17H15BrN2O. The van der Waals surface area contributed by atoms with Crippen LogP contribution in [-0.2, 0) is 6.42 Å². The monoisotopic (exact) mass is 342 g/mol. The lowest BCUT2D eigenvalue weighted by Gasteiger charge is -2.27. The molecule has 3 nitrogen and oxygen atoms in total. The van der Waals surface area contributed by atoms with Gasteiger partial charge in [0.15, 0.2) is 0 Å². The van der Waals surface area contributed by atoms with Gasteiger partial charge < -0.3 is 10.4 Å². The van der Waals surface area contributed by atoms with Crippen LogP contribution in [-0.4, -0.2) is 5.11 Å². The fourth-order valence-corrected chi connectivity index (χ4v) is 3.22. The van der Waals surface area contributed by atoms with Crippen molar-refractivity contribution in [3.63, 3.8) is 0 Å². The predicted octanol–water partition coefficient (Wildman–Crippen LogP) is 4.52. The van der Waals surface area contributed by atoms with Gasteiger partial charge in [-0.15, -0.1) is 0 Å². The van der Waals surface area contributed by atoms with Crippen LogP contribution < -0.4 is 5.32 Å². The summed E-state index contributed by atoms with van der Waals surface area (Å²) in [7, 11) is 0.